The van der Waals surface area contributed by atoms with Crippen molar-refractivity contribution in [2.75, 3.05) is 18.9 Å². The lowest BCUT2D eigenvalue weighted by atomic mass is 9.96. The number of halogens is 1. The molecule has 5 rings (SSSR count). The van der Waals surface area contributed by atoms with E-state index in [-0.39, 0.29) is 18.4 Å². The molecule has 0 bridgehead atoms. The van der Waals surface area contributed by atoms with Gasteiger partial charge in [-0.1, -0.05) is 54.1 Å². The smallest absolute Gasteiger partial charge is 0.176 e. The first-order chi connectivity index (χ1) is 17.1. The van der Waals surface area contributed by atoms with E-state index in [9.17, 15) is 4.79 Å². The van der Waals surface area contributed by atoms with Gasteiger partial charge < -0.3 is 15.8 Å². The van der Waals surface area contributed by atoms with Crippen molar-refractivity contribution >= 4 is 44.5 Å². The van der Waals surface area contributed by atoms with Gasteiger partial charge in [0.15, 0.2) is 5.78 Å². The average Bonchev–Trinajstić information content (AvgIpc) is 3.27. The fourth-order valence-corrected chi connectivity index (χ4v) is 6.24. The Bertz CT molecular complexity index is 1340. The molecule has 180 valence electrons. The second-order valence-corrected chi connectivity index (χ2v) is 10.5. The molecule has 4 aromatic rings. The third kappa shape index (κ3) is 5.37. The first-order valence-electron chi connectivity index (χ1n) is 12.1. The van der Waals surface area contributed by atoms with E-state index in [2.05, 4.69) is 35.6 Å². The molecular formula is C29H29ClN2O2S. The molecule has 3 N–H and O–H groups in total. The molecule has 4 nitrogen and oxygen atoms in total. The molecule has 1 aliphatic rings. The zero-order valence-corrected chi connectivity index (χ0v) is 21.1. The first-order valence-corrected chi connectivity index (χ1v) is 13.3. The van der Waals surface area contributed by atoms with Crippen LogP contribution in [-0.2, 0) is 12.8 Å². The van der Waals surface area contributed by atoms with Gasteiger partial charge in [0.2, 0.25) is 0 Å². The van der Waals surface area contributed by atoms with Gasteiger partial charge in [-0.05, 0) is 66.5 Å². The summed E-state index contributed by atoms with van der Waals surface area (Å²) >= 11 is 7.89. The van der Waals surface area contributed by atoms with Gasteiger partial charge >= 0.3 is 0 Å². The van der Waals surface area contributed by atoms with Crippen LogP contribution >= 0.6 is 22.9 Å². The number of anilines is 1. The summed E-state index contributed by atoms with van der Waals surface area (Å²) in [6.07, 6.45) is 5.65. The molecule has 1 atom stereocenters. The van der Waals surface area contributed by atoms with E-state index in [4.69, 9.17) is 22.1 Å². The molecule has 1 unspecified atom stereocenters. The van der Waals surface area contributed by atoms with Crippen LogP contribution < -0.4 is 15.8 Å². The quantitative estimate of drug-likeness (QED) is 0.190. The summed E-state index contributed by atoms with van der Waals surface area (Å²) in [5.74, 6) is 0.936. The Labute approximate surface area is 215 Å². The maximum atomic E-state index is 12.8. The number of aryl methyl sites for hydroxylation is 2. The van der Waals surface area contributed by atoms with Crippen LogP contribution in [0.5, 0.6) is 5.75 Å². The molecule has 0 radical (unpaired) electrons. The highest BCUT2D eigenvalue weighted by molar-refractivity contribution is 7.19. The van der Waals surface area contributed by atoms with E-state index in [0.717, 1.165) is 17.7 Å². The van der Waals surface area contributed by atoms with Crippen molar-refractivity contribution in [1.29, 1.82) is 0 Å². The summed E-state index contributed by atoms with van der Waals surface area (Å²) in [4.78, 5) is 14.3. The highest BCUT2D eigenvalue weighted by Crippen LogP contribution is 2.41. The van der Waals surface area contributed by atoms with Crippen LogP contribution in [-0.4, -0.2) is 18.9 Å². The molecule has 0 saturated heterocycles. The topological polar surface area (TPSA) is 64.4 Å². The Balaban J connectivity index is 1.27. The van der Waals surface area contributed by atoms with Gasteiger partial charge in [-0.3, -0.25) is 4.79 Å². The van der Waals surface area contributed by atoms with Crippen LogP contribution in [0.15, 0.2) is 66.7 Å². The van der Waals surface area contributed by atoms with Gasteiger partial charge in [0.25, 0.3) is 0 Å². The van der Waals surface area contributed by atoms with Gasteiger partial charge in [0.05, 0.1) is 28.6 Å². The van der Waals surface area contributed by atoms with E-state index < -0.39 is 0 Å². The standard InChI is InChI=1S/C29H29ClN2O2S/c30-23-14-13-20(17-24(23)31)26(33)18-32-25(19-7-2-1-3-8-19)15-16-34-27-11-6-10-22-21-9-4-5-12-28(21)35-29(22)27/h1-3,6-8,10-11,13-14,17,25,32H,4-5,9,12,15-16,18,31H2. The lowest BCUT2D eigenvalue weighted by molar-refractivity contribution is 0.0985. The Hall–Kier alpha value is -2.86. The number of nitrogen functional groups attached to an aromatic ring is 1. The zero-order chi connectivity index (χ0) is 24.2. The number of benzene rings is 3. The van der Waals surface area contributed by atoms with Crippen LogP contribution in [0.1, 0.15) is 51.7 Å². The molecule has 0 fully saturated rings. The fraction of sp³-hybridized carbons (Fsp3) is 0.276. The number of Topliss-reactive ketones (excluding diaryl/α,β-unsaturated/α-hetero) is 1. The third-order valence-electron chi connectivity index (χ3n) is 6.64. The summed E-state index contributed by atoms with van der Waals surface area (Å²) < 4.78 is 7.59. The lowest BCUT2D eigenvalue weighted by Crippen LogP contribution is -2.29. The SMILES string of the molecule is Nc1cc(C(=O)CNC(CCOc2cccc3c4c(sc23)CCCC4)c2ccccc2)ccc1Cl. The molecule has 35 heavy (non-hydrogen) atoms. The van der Waals surface area contributed by atoms with Crippen molar-refractivity contribution < 1.29 is 9.53 Å². The predicted molar refractivity (Wildman–Crippen MR) is 146 cm³/mol. The summed E-state index contributed by atoms with van der Waals surface area (Å²) in [6, 6.07) is 21.6. The monoisotopic (exact) mass is 504 g/mol. The number of rotatable bonds is 9. The Morgan fingerprint density at radius 3 is 2.71 bits per heavy atom. The Kier molecular flexibility index (Phi) is 7.37. The van der Waals surface area contributed by atoms with Gasteiger partial charge in [-0.25, -0.2) is 0 Å². The van der Waals surface area contributed by atoms with E-state index in [1.54, 1.807) is 18.2 Å². The minimum Gasteiger partial charge on any atom is -0.492 e. The molecule has 0 saturated carbocycles. The Morgan fingerprint density at radius 2 is 1.89 bits per heavy atom. The maximum Gasteiger partial charge on any atom is 0.176 e. The number of hydrogen-bond donors (Lipinski definition) is 2. The molecule has 0 spiro atoms. The number of nitrogens with two attached hydrogens (primary N) is 1. The summed E-state index contributed by atoms with van der Waals surface area (Å²) in [6.45, 7) is 0.754. The second kappa shape index (κ2) is 10.8. The van der Waals surface area contributed by atoms with Crippen molar-refractivity contribution in [2.24, 2.45) is 0 Å². The Morgan fingerprint density at radius 1 is 1.06 bits per heavy atom. The van der Waals surface area contributed by atoms with Crippen molar-refractivity contribution in [3.63, 3.8) is 0 Å². The van der Waals surface area contributed by atoms with Gasteiger partial charge in [0, 0.05) is 22.9 Å². The van der Waals surface area contributed by atoms with E-state index >= 15 is 0 Å². The number of carbonyl (C=O) groups is 1. The third-order valence-corrected chi connectivity index (χ3v) is 8.31. The maximum absolute atomic E-state index is 12.8. The number of thiophene rings is 1. The van der Waals surface area contributed by atoms with Crippen LogP contribution in [0, 0.1) is 0 Å². The number of hydrogen-bond acceptors (Lipinski definition) is 5. The average molecular weight is 505 g/mol. The molecule has 0 aliphatic heterocycles. The summed E-state index contributed by atoms with van der Waals surface area (Å²) in [5.41, 5.74) is 9.49. The highest BCUT2D eigenvalue weighted by Gasteiger charge is 2.19. The van der Waals surface area contributed by atoms with E-state index in [1.165, 1.54) is 46.2 Å². The summed E-state index contributed by atoms with van der Waals surface area (Å²) in [7, 11) is 0. The molecule has 6 heteroatoms. The van der Waals surface area contributed by atoms with Gasteiger partial charge in [-0.2, -0.15) is 0 Å². The molecular weight excluding hydrogens is 476 g/mol. The first kappa shape index (κ1) is 23.9. The van der Waals surface area contributed by atoms with Crippen LogP contribution in [0.3, 0.4) is 0 Å². The normalized spacial score (nSPS) is 14.0. The number of nitrogens with one attached hydrogen (secondary N) is 1. The highest BCUT2D eigenvalue weighted by atomic mass is 35.5. The molecule has 3 aromatic carbocycles. The van der Waals surface area contributed by atoms with Gasteiger partial charge in [0.1, 0.15) is 5.75 Å². The van der Waals surface area contributed by atoms with E-state index in [1.807, 2.05) is 29.5 Å². The number of carbonyl (C=O) groups excluding carboxylic acids is 1. The van der Waals surface area contributed by atoms with Crippen molar-refractivity contribution in [3.8, 4) is 5.75 Å². The minimum atomic E-state index is -0.0239. The molecule has 1 aliphatic carbocycles. The number of ether oxygens (including phenoxy) is 1. The summed E-state index contributed by atoms with van der Waals surface area (Å²) in [5, 5.41) is 5.24. The van der Waals surface area contributed by atoms with E-state index in [0.29, 0.717) is 22.9 Å². The largest absolute Gasteiger partial charge is 0.492 e. The molecule has 1 aromatic heterocycles. The number of ketones is 1. The van der Waals surface area contributed by atoms with Crippen molar-refractivity contribution in [1.82, 2.24) is 5.32 Å². The van der Waals surface area contributed by atoms with Crippen LogP contribution in [0.4, 0.5) is 5.69 Å². The number of fused-ring (bicyclic) bond motifs is 3. The fourth-order valence-electron chi connectivity index (χ4n) is 4.76. The molecule has 1 heterocycles. The predicted octanol–water partition coefficient (Wildman–Crippen LogP) is 7.00. The van der Waals surface area contributed by atoms with Crippen LogP contribution in [0.25, 0.3) is 10.1 Å². The minimum absolute atomic E-state index is 0.0134. The van der Waals surface area contributed by atoms with Crippen molar-refractivity contribution in [2.45, 2.75) is 38.1 Å². The second-order valence-electron chi connectivity index (χ2n) is 8.98. The van der Waals surface area contributed by atoms with Gasteiger partial charge in [-0.15, -0.1) is 11.3 Å². The van der Waals surface area contributed by atoms with Crippen LogP contribution in [0.2, 0.25) is 5.02 Å². The van der Waals surface area contributed by atoms with Crippen molar-refractivity contribution in [3.05, 3.63) is 93.3 Å². The molecule has 0 amide bonds. The lowest BCUT2D eigenvalue weighted by Gasteiger charge is -2.19. The zero-order valence-electron chi connectivity index (χ0n) is 19.6.